The van der Waals surface area contributed by atoms with E-state index in [1.165, 1.54) is 24.3 Å². The number of anilines is 1. The van der Waals surface area contributed by atoms with Crippen molar-refractivity contribution in [2.75, 3.05) is 31.6 Å². The van der Waals surface area contributed by atoms with Crippen LogP contribution in [0.25, 0.3) is 0 Å². The standard InChI is InChI=1S/C13H21N3O2S/c1-3-16-7-5-6-10(8-16)14-13-15-11(9-19-13)12(17)18-4-2/h9-10H,3-8H2,1-2H3,(H,14,15). The van der Waals surface area contributed by atoms with Crippen molar-refractivity contribution >= 4 is 22.4 Å². The van der Waals surface area contributed by atoms with Gasteiger partial charge in [-0.3, -0.25) is 0 Å². The topological polar surface area (TPSA) is 54.5 Å². The molecule has 1 unspecified atom stereocenters. The summed E-state index contributed by atoms with van der Waals surface area (Å²) in [5.41, 5.74) is 0.400. The molecule has 5 nitrogen and oxygen atoms in total. The Balaban J connectivity index is 1.90. The number of hydrogen-bond donors (Lipinski definition) is 1. The van der Waals surface area contributed by atoms with Crippen LogP contribution in [0.2, 0.25) is 0 Å². The highest BCUT2D eigenvalue weighted by Crippen LogP contribution is 2.20. The van der Waals surface area contributed by atoms with Crippen LogP contribution in [0, 0.1) is 0 Å². The first kappa shape index (κ1) is 14.3. The Hall–Kier alpha value is -1.14. The molecule has 2 heterocycles. The molecule has 0 radical (unpaired) electrons. The van der Waals surface area contributed by atoms with Crippen molar-refractivity contribution in [2.45, 2.75) is 32.7 Å². The van der Waals surface area contributed by atoms with Crippen molar-refractivity contribution in [1.29, 1.82) is 0 Å². The molecule has 1 aliphatic rings. The van der Waals surface area contributed by atoms with E-state index in [2.05, 4.69) is 22.1 Å². The Morgan fingerprint density at radius 3 is 3.21 bits per heavy atom. The molecular weight excluding hydrogens is 262 g/mol. The lowest BCUT2D eigenvalue weighted by Crippen LogP contribution is -2.41. The summed E-state index contributed by atoms with van der Waals surface area (Å²) in [5, 5.41) is 5.98. The van der Waals surface area contributed by atoms with E-state index in [9.17, 15) is 4.79 Å². The summed E-state index contributed by atoms with van der Waals surface area (Å²) in [6, 6.07) is 0.426. The third-order valence-electron chi connectivity index (χ3n) is 3.27. The van der Waals surface area contributed by atoms with E-state index < -0.39 is 0 Å². The van der Waals surface area contributed by atoms with Crippen LogP contribution in [0.15, 0.2) is 5.38 Å². The van der Waals surface area contributed by atoms with Gasteiger partial charge in [0.15, 0.2) is 10.8 Å². The zero-order chi connectivity index (χ0) is 13.7. The lowest BCUT2D eigenvalue weighted by atomic mass is 10.1. The molecule has 1 N–H and O–H groups in total. The van der Waals surface area contributed by atoms with Gasteiger partial charge >= 0.3 is 5.97 Å². The SMILES string of the molecule is CCOC(=O)c1csc(NC2CCCN(CC)C2)n1. The maximum Gasteiger partial charge on any atom is 0.357 e. The van der Waals surface area contributed by atoms with E-state index in [1.807, 2.05) is 0 Å². The van der Waals surface area contributed by atoms with Crippen LogP contribution in [0.1, 0.15) is 37.2 Å². The fraction of sp³-hybridized carbons (Fsp3) is 0.692. The summed E-state index contributed by atoms with van der Waals surface area (Å²) < 4.78 is 4.93. The lowest BCUT2D eigenvalue weighted by Gasteiger charge is -2.32. The molecule has 0 amide bonds. The zero-order valence-electron chi connectivity index (χ0n) is 11.5. The van der Waals surface area contributed by atoms with Gasteiger partial charge in [-0.15, -0.1) is 11.3 Å². The van der Waals surface area contributed by atoms with E-state index >= 15 is 0 Å². The van der Waals surface area contributed by atoms with Gasteiger partial charge in [0.2, 0.25) is 0 Å². The third kappa shape index (κ3) is 3.91. The Morgan fingerprint density at radius 2 is 2.47 bits per heavy atom. The van der Waals surface area contributed by atoms with Crippen LogP contribution in [-0.4, -0.2) is 48.1 Å². The quantitative estimate of drug-likeness (QED) is 0.840. The number of carbonyl (C=O) groups is 1. The Kier molecular flexibility index (Phi) is 5.15. The lowest BCUT2D eigenvalue weighted by molar-refractivity contribution is 0.0520. The van der Waals surface area contributed by atoms with Gasteiger partial charge < -0.3 is 15.0 Å². The van der Waals surface area contributed by atoms with Crippen LogP contribution in [-0.2, 0) is 4.74 Å². The fourth-order valence-electron chi connectivity index (χ4n) is 2.27. The maximum absolute atomic E-state index is 11.5. The molecule has 1 aromatic heterocycles. The second-order valence-corrected chi connectivity index (χ2v) is 5.49. The van der Waals surface area contributed by atoms with Gasteiger partial charge in [0.1, 0.15) is 0 Å². The van der Waals surface area contributed by atoms with Crippen molar-refractivity contribution in [3.8, 4) is 0 Å². The first-order valence-corrected chi connectivity index (χ1v) is 7.72. The predicted octanol–water partition coefficient (Wildman–Crippen LogP) is 2.22. The van der Waals surface area contributed by atoms with Crippen molar-refractivity contribution in [2.24, 2.45) is 0 Å². The molecule has 0 spiro atoms. The number of rotatable bonds is 5. The van der Waals surface area contributed by atoms with E-state index in [-0.39, 0.29) is 5.97 Å². The first-order chi connectivity index (χ1) is 9.22. The molecule has 19 heavy (non-hydrogen) atoms. The Bertz CT molecular complexity index is 422. The number of likely N-dealkylation sites (tertiary alicyclic amines) is 1. The van der Waals surface area contributed by atoms with E-state index in [1.54, 1.807) is 12.3 Å². The molecule has 1 atom stereocenters. The zero-order valence-corrected chi connectivity index (χ0v) is 12.3. The summed E-state index contributed by atoms with van der Waals surface area (Å²) in [6.45, 7) is 7.68. The van der Waals surface area contributed by atoms with Crippen molar-refractivity contribution in [3.05, 3.63) is 11.1 Å². The Labute approximate surface area is 118 Å². The minimum atomic E-state index is -0.342. The molecule has 1 aromatic rings. The van der Waals surface area contributed by atoms with Gasteiger partial charge in [-0.25, -0.2) is 9.78 Å². The average molecular weight is 283 g/mol. The van der Waals surface area contributed by atoms with Crippen LogP contribution in [0.4, 0.5) is 5.13 Å². The monoisotopic (exact) mass is 283 g/mol. The summed E-state index contributed by atoms with van der Waals surface area (Å²) in [7, 11) is 0. The summed E-state index contributed by atoms with van der Waals surface area (Å²) >= 11 is 1.46. The number of likely N-dealkylation sites (N-methyl/N-ethyl adjacent to an activating group) is 1. The number of nitrogens with zero attached hydrogens (tertiary/aromatic N) is 2. The van der Waals surface area contributed by atoms with Crippen molar-refractivity contribution in [3.63, 3.8) is 0 Å². The normalized spacial score (nSPS) is 20.2. The van der Waals surface area contributed by atoms with Crippen molar-refractivity contribution in [1.82, 2.24) is 9.88 Å². The Morgan fingerprint density at radius 1 is 1.63 bits per heavy atom. The largest absolute Gasteiger partial charge is 0.461 e. The van der Waals surface area contributed by atoms with Crippen LogP contribution >= 0.6 is 11.3 Å². The fourth-order valence-corrected chi connectivity index (χ4v) is 3.03. The molecule has 0 aromatic carbocycles. The molecule has 1 aliphatic heterocycles. The van der Waals surface area contributed by atoms with Gasteiger partial charge in [0.05, 0.1) is 6.61 Å². The summed E-state index contributed by atoms with van der Waals surface area (Å²) in [6.07, 6.45) is 2.37. The number of piperidine rings is 1. The van der Waals surface area contributed by atoms with Crippen LogP contribution in [0.5, 0.6) is 0 Å². The third-order valence-corrected chi connectivity index (χ3v) is 4.04. The maximum atomic E-state index is 11.5. The van der Waals surface area contributed by atoms with Gasteiger partial charge in [-0.2, -0.15) is 0 Å². The van der Waals surface area contributed by atoms with Crippen molar-refractivity contribution < 1.29 is 9.53 Å². The molecule has 0 aliphatic carbocycles. The number of nitrogens with one attached hydrogen (secondary N) is 1. The highest BCUT2D eigenvalue weighted by molar-refractivity contribution is 7.13. The number of aromatic nitrogens is 1. The molecule has 2 rings (SSSR count). The highest BCUT2D eigenvalue weighted by Gasteiger charge is 2.20. The minimum absolute atomic E-state index is 0.342. The smallest absolute Gasteiger partial charge is 0.357 e. The molecule has 0 saturated carbocycles. The van der Waals surface area contributed by atoms with Gasteiger partial charge in [-0.05, 0) is 32.9 Å². The molecule has 1 fully saturated rings. The predicted molar refractivity (Wildman–Crippen MR) is 76.8 cm³/mol. The molecule has 6 heteroatoms. The second-order valence-electron chi connectivity index (χ2n) is 4.64. The summed E-state index contributed by atoms with van der Waals surface area (Å²) in [4.78, 5) is 18.3. The average Bonchev–Trinajstić information content (AvgIpc) is 2.88. The number of carbonyl (C=O) groups excluding carboxylic acids is 1. The number of thiazole rings is 1. The van der Waals surface area contributed by atoms with Gasteiger partial charge in [-0.1, -0.05) is 6.92 Å². The number of ether oxygens (including phenoxy) is 1. The number of hydrogen-bond acceptors (Lipinski definition) is 6. The minimum Gasteiger partial charge on any atom is -0.461 e. The van der Waals surface area contributed by atoms with E-state index in [0.717, 1.165) is 24.6 Å². The number of esters is 1. The van der Waals surface area contributed by atoms with Gasteiger partial charge in [0.25, 0.3) is 0 Å². The van der Waals surface area contributed by atoms with E-state index in [0.29, 0.717) is 18.3 Å². The van der Waals surface area contributed by atoms with Crippen LogP contribution < -0.4 is 5.32 Å². The molecule has 106 valence electrons. The summed E-state index contributed by atoms with van der Waals surface area (Å²) in [5.74, 6) is -0.342. The highest BCUT2D eigenvalue weighted by atomic mass is 32.1. The van der Waals surface area contributed by atoms with E-state index in [4.69, 9.17) is 4.74 Å². The molecule has 1 saturated heterocycles. The van der Waals surface area contributed by atoms with Gasteiger partial charge in [0, 0.05) is 18.0 Å². The molecular formula is C13H21N3O2S. The second kappa shape index (κ2) is 6.86. The first-order valence-electron chi connectivity index (χ1n) is 6.84. The van der Waals surface area contributed by atoms with Crippen LogP contribution in [0.3, 0.4) is 0 Å². The molecule has 0 bridgehead atoms.